The standard InChI is InChI=1S/C15H20O2/c1-2-17-14-8-5-6-12(11-14)10-13-7-3-4-9-15(13)16/h5-6,8,11,13H,2-4,7,9-10H2,1H3. The van der Waals surface area contributed by atoms with E-state index in [4.69, 9.17) is 4.74 Å². The zero-order valence-corrected chi connectivity index (χ0v) is 10.4. The normalized spacial score (nSPS) is 20.3. The first-order valence-corrected chi connectivity index (χ1v) is 6.54. The summed E-state index contributed by atoms with van der Waals surface area (Å²) in [5.41, 5.74) is 1.22. The maximum Gasteiger partial charge on any atom is 0.136 e. The second-order valence-corrected chi connectivity index (χ2v) is 4.69. The molecule has 17 heavy (non-hydrogen) atoms. The van der Waals surface area contributed by atoms with Gasteiger partial charge in [-0.3, -0.25) is 4.79 Å². The molecule has 1 aromatic rings. The molecule has 0 aliphatic heterocycles. The highest BCUT2D eigenvalue weighted by atomic mass is 16.5. The van der Waals surface area contributed by atoms with Crippen LogP contribution in [0.1, 0.15) is 38.2 Å². The zero-order chi connectivity index (χ0) is 12.1. The van der Waals surface area contributed by atoms with Gasteiger partial charge in [-0.1, -0.05) is 18.6 Å². The quantitative estimate of drug-likeness (QED) is 0.795. The molecule has 0 saturated heterocycles. The molecule has 1 aliphatic rings. The van der Waals surface area contributed by atoms with Crippen LogP contribution in [0.25, 0.3) is 0 Å². The number of Topliss-reactive ketones (excluding diaryl/α,β-unsaturated/α-hetero) is 1. The van der Waals surface area contributed by atoms with Crippen molar-refractivity contribution in [1.82, 2.24) is 0 Å². The SMILES string of the molecule is CCOc1cccc(CC2CCCCC2=O)c1. The Bertz CT molecular complexity index is 384. The summed E-state index contributed by atoms with van der Waals surface area (Å²) in [6.45, 7) is 2.67. The summed E-state index contributed by atoms with van der Waals surface area (Å²) in [5.74, 6) is 1.59. The summed E-state index contributed by atoms with van der Waals surface area (Å²) in [5, 5.41) is 0. The highest BCUT2D eigenvalue weighted by molar-refractivity contribution is 5.81. The molecular formula is C15H20O2. The lowest BCUT2D eigenvalue weighted by Gasteiger charge is -2.20. The zero-order valence-electron chi connectivity index (χ0n) is 10.4. The third-order valence-electron chi connectivity index (χ3n) is 3.37. The molecule has 0 radical (unpaired) electrons. The smallest absolute Gasteiger partial charge is 0.136 e. The van der Waals surface area contributed by atoms with Gasteiger partial charge in [0.05, 0.1) is 6.61 Å². The number of carbonyl (C=O) groups excluding carboxylic acids is 1. The summed E-state index contributed by atoms with van der Waals surface area (Å²) < 4.78 is 5.48. The maximum atomic E-state index is 11.8. The fraction of sp³-hybridized carbons (Fsp3) is 0.533. The lowest BCUT2D eigenvalue weighted by atomic mass is 9.84. The predicted octanol–water partition coefficient (Wildman–Crippen LogP) is 3.39. The number of benzene rings is 1. The number of ether oxygens (including phenoxy) is 1. The minimum Gasteiger partial charge on any atom is -0.494 e. The summed E-state index contributed by atoms with van der Waals surface area (Å²) >= 11 is 0. The molecule has 1 saturated carbocycles. The van der Waals surface area contributed by atoms with E-state index in [0.717, 1.165) is 31.4 Å². The Morgan fingerprint density at radius 1 is 1.35 bits per heavy atom. The van der Waals surface area contributed by atoms with Crippen LogP contribution in [0, 0.1) is 5.92 Å². The summed E-state index contributed by atoms with van der Waals surface area (Å²) in [6, 6.07) is 8.12. The molecule has 1 atom stereocenters. The van der Waals surface area contributed by atoms with Crippen LogP contribution in [-0.2, 0) is 11.2 Å². The molecule has 1 fully saturated rings. The fourth-order valence-corrected chi connectivity index (χ4v) is 2.48. The third kappa shape index (κ3) is 3.32. The molecule has 2 nitrogen and oxygen atoms in total. The van der Waals surface area contributed by atoms with Crippen LogP contribution >= 0.6 is 0 Å². The van der Waals surface area contributed by atoms with Crippen molar-refractivity contribution in [3.63, 3.8) is 0 Å². The molecule has 92 valence electrons. The van der Waals surface area contributed by atoms with E-state index in [1.165, 1.54) is 12.0 Å². The van der Waals surface area contributed by atoms with Crippen LogP contribution in [0.3, 0.4) is 0 Å². The molecule has 0 spiro atoms. The molecular weight excluding hydrogens is 212 g/mol. The second-order valence-electron chi connectivity index (χ2n) is 4.69. The predicted molar refractivity (Wildman–Crippen MR) is 68.3 cm³/mol. The van der Waals surface area contributed by atoms with Gasteiger partial charge in [0.1, 0.15) is 11.5 Å². The lowest BCUT2D eigenvalue weighted by Crippen LogP contribution is -2.21. The summed E-state index contributed by atoms with van der Waals surface area (Å²) in [4.78, 5) is 11.8. The van der Waals surface area contributed by atoms with Crippen molar-refractivity contribution in [2.24, 2.45) is 5.92 Å². The Morgan fingerprint density at radius 3 is 3.00 bits per heavy atom. The van der Waals surface area contributed by atoms with Crippen LogP contribution < -0.4 is 4.74 Å². The minimum atomic E-state index is 0.237. The highest BCUT2D eigenvalue weighted by Crippen LogP contribution is 2.25. The van der Waals surface area contributed by atoms with Gasteiger partial charge < -0.3 is 4.74 Å². The van der Waals surface area contributed by atoms with Crippen molar-refractivity contribution >= 4 is 5.78 Å². The Labute approximate surface area is 103 Å². The van der Waals surface area contributed by atoms with Crippen molar-refractivity contribution in [3.8, 4) is 5.75 Å². The van der Waals surface area contributed by atoms with Crippen LogP contribution in [0.15, 0.2) is 24.3 Å². The fourth-order valence-electron chi connectivity index (χ4n) is 2.48. The van der Waals surface area contributed by atoms with E-state index in [1.807, 2.05) is 19.1 Å². The number of hydrogen-bond acceptors (Lipinski definition) is 2. The second kappa shape index (κ2) is 5.85. The summed E-state index contributed by atoms with van der Waals surface area (Å²) in [6.07, 6.45) is 4.98. The largest absolute Gasteiger partial charge is 0.494 e. The van der Waals surface area contributed by atoms with E-state index in [9.17, 15) is 4.79 Å². The van der Waals surface area contributed by atoms with Crippen molar-refractivity contribution in [1.29, 1.82) is 0 Å². The van der Waals surface area contributed by atoms with E-state index in [0.29, 0.717) is 12.4 Å². The monoisotopic (exact) mass is 232 g/mol. The molecule has 2 heteroatoms. The van der Waals surface area contributed by atoms with Crippen molar-refractivity contribution in [2.75, 3.05) is 6.61 Å². The molecule has 0 aromatic heterocycles. The van der Waals surface area contributed by atoms with Gasteiger partial charge >= 0.3 is 0 Å². The molecule has 0 N–H and O–H groups in total. The third-order valence-corrected chi connectivity index (χ3v) is 3.37. The number of ketones is 1. The van der Waals surface area contributed by atoms with Crippen LogP contribution in [0.5, 0.6) is 5.75 Å². The van der Waals surface area contributed by atoms with Gasteiger partial charge in [-0.05, 0) is 43.9 Å². The maximum absolute atomic E-state index is 11.8. The van der Waals surface area contributed by atoms with Crippen LogP contribution in [0.2, 0.25) is 0 Å². The van der Waals surface area contributed by atoms with Gasteiger partial charge in [0.2, 0.25) is 0 Å². The van der Waals surface area contributed by atoms with E-state index >= 15 is 0 Å². The molecule has 1 aliphatic carbocycles. The molecule has 1 unspecified atom stereocenters. The minimum absolute atomic E-state index is 0.237. The first-order chi connectivity index (χ1) is 8.29. The van der Waals surface area contributed by atoms with E-state index in [-0.39, 0.29) is 5.92 Å². The highest BCUT2D eigenvalue weighted by Gasteiger charge is 2.22. The molecule has 0 bridgehead atoms. The van der Waals surface area contributed by atoms with Crippen LogP contribution in [0.4, 0.5) is 0 Å². The topological polar surface area (TPSA) is 26.3 Å². The number of rotatable bonds is 4. The van der Waals surface area contributed by atoms with E-state index in [1.54, 1.807) is 0 Å². The Morgan fingerprint density at radius 2 is 2.24 bits per heavy atom. The van der Waals surface area contributed by atoms with Gasteiger partial charge in [0.15, 0.2) is 0 Å². The molecule has 0 heterocycles. The number of hydrogen-bond donors (Lipinski definition) is 0. The van der Waals surface area contributed by atoms with E-state index < -0.39 is 0 Å². The van der Waals surface area contributed by atoms with E-state index in [2.05, 4.69) is 12.1 Å². The Kier molecular flexibility index (Phi) is 4.18. The van der Waals surface area contributed by atoms with Gasteiger partial charge in [0.25, 0.3) is 0 Å². The average molecular weight is 232 g/mol. The first kappa shape index (κ1) is 12.2. The van der Waals surface area contributed by atoms with Gasteiger partial charge in [-0.25, -0.2) is 0 Å². The van der Waals surface area contributed by atoms with Crippen molar-refractivity contribution in [2.45, 2.75) is 39.0 Å². The van der Waals surface area contributed by atoms with Gasteiger partial charge in [-0.15, -0.1) is 0 Å². The van der Waals surface area contributed by atoms with Gasteiger partial charge in [0, 0.05) is 12.3 Å². The van der Waals surface area contributed by atoms with Crippen molar-refractivity contribution in [3.05, 3.63) is 29.8 Å². The van der Waals surface area contributed by atoms with Gasteiger partial charge in [-0.2, -0.15) is 0 Å². The first-order valence-electron chi connectivity index (χ1n) is 6.54. The summed E-state index contributed by atoms with van der Waals surface area (Å²) in [7, 11) is 0. The Balaban J connectivity index is 2.01. The number of carbonyl (C=O) groups is 1. The van der Waals surface area contributed by atoms with Crippen LogP contribution in [-0.4, -0.2) is 12.4 Å². The van der Waals surface area contributed by atoms with Crippen molar-refractivity contribution < 1.29 is 9.53 Å². The molecule has 1 aromatic carbocycles. The molecule has 0 amide bonds. The Hall–Kier alpha value is -1.31. The average Bonchev–Trinajstić information content (AvgIpc) is 2.33. The molecule has 2 rings (SSSR count). The lowest BCUT2D eigenvalue weighted by molar-refractivity contribution is -0.124.